The van der Waals surface area contributed by atoms with Crippen LogP contribution in [0.4, 0.5) is 10.5 Å². The van der Waals surface area contributed by atoms with E-state index in [1.54, 1.807) is 12.1 Å². The first-order valence-corrected chi connectivity index (χ1v) is 9.88. The highest BCUT2D eigenvalue weighted by atomic mass is 32.2. The second-order valence-corrected chi connectivity index (χ2v) is 6.87. The van der Waals surface area contributed by atoms with Crippen LogP contribution in [0.3, 0.4) is 0 Å². The molecular weight excluding hydrogens is 376 g/mol. The molecule has 1 N–H and O–H groups in total. The van der Waals surface area contributed by atoms with Crippen LogP contribution in [0.1, 0.15) is 19.4 Å². The van der Waals surface area contributed by atoms with E-state index in [1.165, 1.54) is 4.90 Å². The summed E-state index contributed by atoms with van der Waals surface area (Å²) >= 11 is 0.925. The van der Waals surface area contributed by atoms with Gasteiger partial charge in [0.25, 0.3) is 11.1 Å². The van der Waals surface area contributed by atoms with Gasteiger partial charge in [0.2, 0.25) is 0 Å². The topological polar surface area (TPSA) is 67.9 Å². The Morgan fingerprint density at radius 3 is 2.50 bits per heavy atom. The first-order valence-electron chi connectivity index (χ1n) is 9.06. The van der Waals surface area contributed by atoms with Crippen LogP contribution in [-0.2, 0) is 4.79 Å². The van der Waals surface area contributed by atoms with Crippen molar-refractivity contribution in [2.45, 2.75) is 13.8 Å². The normalized spacial score (nSPS) is 15.2. The standard InChI is InChI=1S/C21H22N2O4S/c1-3-26-17-11-10-15(18(13-17)27-4-2)12-19-20(24)23(21(25)28-19)14-22-16-8-6-5-7-9-16/h5-13,22H,3-4,14H2,1-2H3/b19-12-. The number of ether oxygens (including phenoxy) is 2. The summed E-state index contributed by atoms with van der Waals surface area (Å²) in [4.78, 5) is 26.5. The molecule has 0 aliphatic carbocycles. The van der Waals surface area contributed by atoms with Crippen molar-refractivity contribution in [3.63, 3.8) is 0 Å². The van der Waals surface area contributed by atoms with Crippen molar-refractivity contribution in [2.24, 2.45) is 0 Å². The molecule has 1 heterocycles. The molecule has 1 saturated heterocycles. The number of amides is 2. The van der Waals surface area contributed by atoms with E-state index in [9.17, 15) is 9.59 Å². The summed E-state index contributed by atoms with van der Waals surface area (Å²) in [7, 11) is 0. The highest BCUT2D eigenvalue weighted by Crippen LogP contribution is 2.35. The van der Waals surface area contributed by atoms with Crippen molar-refractivity contribution in [2.75, 3.05) is 25.2 Å². The lowest BCUT2D eigenvalue weighted by atomic mass is 10.1. The highest BCUT2D eigenvalue weighted by Gasteiger charge is 2.35. The number of nitrogens with zero attached hydrogens (tertiary/aromatic N) is 1. The molecule has 28 heavy (non-hydrogen) atoms. The first-order chi connectivity index (χ1) is 13.6. The number of hydrogen-bond donors (Lipinski definition) is 1. The monoisotopic (exact) mass is 398 g/mol. The Labute approximate surface area is 168 Å². The van der Waals surface area contributed by atoms with E-state index in [4.69, 9.17) is 9.47 Å². The van der Waals surface area contributed by atoms with Crippen molar-refractivity contribution in [3.05, 3.63) is 59.0 Å². The lowest BCUT2D eigenvalue weighted by Gasteiger charge is -2.14. The minimum Gasteiger partial charge on any atom is -0.494 e. The number of para-hydroxylation sites is 1. The fourth-order valence-corrected chi connectivity index (χ4v) is 3.50. The molecule has 2 aromatic rings. The van der Waals surface area contributed by atoms with E-state index in [2.05, 4.69) is 5.32 Å². The average molecular weight is 398 g/mol. The summed E-state index contributed by atoms with van der Waals surface area (Å²) < 4.78 is 11.2. The van der Waals surface area contributed by atoms with Gasteiger partial charge < -0.3 is 14.8 Å². The fraction of sp³-hybridized carbons (Fsp3) is 0.238. The number of anilines is 1. The summed E-state index contributed by atoms with van der Waals surface area (Å²) in [6.45, 7) is 4.96. The van der Waals surface area contributed by atoms with E-state index < -0.39 is 0 Å². The van der Waals surface area contributed by atoms with Crippen LogP contribution in [0.25, 0.3) is 6.08 Å². The zero-order chi connectivity index (χ0) is 19.9. The van der Waals surface area contributed by atoms with Gasteiger partial charge in [0.1, 0.15) is 11.5 Å². The summed E-state index contributed by atoms with van der Waals surface area (Å²) in [5.41, 5.74) is 1.57. The Morgan fingerprint density at radius 2 is 1.79 bits per heavy atom. The second kappa shape index (κ2) is 9.32. The number of carbonyl (C=O) groups is 2. The predicted octanol–water partition coefficient (Wildman–Crippen LogP) is 4.59. The predicted molar refractivity (Wildman–Crippen MR) is 112 cm³/mol. The van der Waals surface area contributed by atoms with Gasteiger partial charge in [-0.3, -0.25) is 14.5 Å². The minimum absolute atomic E-state index is 0.119. The van der Waals surface area contributed by atoms with E-state index in [0.29, 0.717) is 29.6 Å². The largest absolute Gasteiger partial charge is 0.494 e. The Balaban J connectivity index is 1.77. The van der Waals surface area contributed by atoms with Gasteiger partial charge in [-0.15, -0.1) is 0 Å². The lowest BCUT2D eigenvalue weighted by Crippen LogP contribution is -2.33. The second-order valence-electron chi connectivity index (χ2n) is 5.88. The van der Waals surface area contributed by atoms with Crippen molar-refractivity contribution < 1.29 is 19.1 Å². The minimum atomic E-state index is -0.324. The molecule has 0 saturated carbocycles. The van der Waals surface area contributed by atoms with Gasteiger partial charge in [-0.1, -0.05) is 18.2 Å². The van der Waals surface area contributed by atoms with Crippen molar-refractivity contribution in [1.82, 2.24) is 4.90 Å². The van der Waals surface area contributed by atoms with Crippen LogP contribution in [0.5, 0.6) is 11.5 Å². The molecule has 0 radical (unpaired) electrons. The Morgan fingerprint density at radius 1 is 1.04 bits per heavy atom. The van der Waals surface area contributed by atoms with Gasteiger partial charge in [-0.05, 0) is 56.0 Å². The average Bonchev–Trinajstić information content (AvgIpc) is 2.96. The third-order valence-corrected chi connectivity index (χ3v) is 4.88. The third kappa shape index (κ3) is 4.67. The summed E-state index contributed by atoms with van der Waals surface area (Å²) in [6, 6.07) is 14.9. The van der Waals surface area contributed by atoms with E-state index in [0.717, 1.165) is 23.0 Å². The molecule has 1 fully saturated rings. The van der Waals surface area contributed by atoms with Crippen LogP contribution in [0.15, 0.2) is 53.4 Å². The number of nitrogens with one attached hydrogen (secondary N) is 1. The maximum absolute atomic E-state index is 12.7. The van der Waals surface area contributed by atoms with Crippen molar-refractivity contribution >= 4 is 34.7 Å². The Hall–Kier alpha value is -2.93. The zero-order valence-corrected chi connectivity index (χ0v) is 16.6. The van der Waals surface area contributed by atoms with Crippen LogP contribution < -0.4 is 14.8 Å². The molecule has 146 valence electrons. The number of hydrogen-bond acceptors (Lipinski definition) is 6. The molecule has 0 bridgehead atoms. The molecule has 1 aliphatic rings. The summed E-state index contributed by atoms with van der Waals surface area (Å²) in [5.74, 6) is 0.987. The van der Waals surface area contributed by atoms with Gasteiger partial charge in [0, 0.05) is 17.3 Å². The van der Waals surface area contributed by atoms with Gasteiger partial charge in [-0.25, -0.2) is 0 Å². The summed E-state index contributed by atoms with van der Waals surface area (Å²) in [6.07, 6.45) is 1.69. The van der Waals surface area contributed by atoms with Gasteiger partial charge in [-0.2, -0.15) is 0 Å². The number of benzene rings is 2. The third-order valence-electron chi connectivity index (χ3n) is 3.97. The van der Waals surface area contributed by atoms with Crippen molar-refractivity contribution in [3.8, 4) is 11.5 Å². The number of imide groups is 1. The van der Waals surface area contributed by atoms with Crippen LogP contribution in [0, 0.1) is 0 Å². The lowest BCUT2D eigenvalue weighted by molar-refractivity contribution is -0.122. The Kier molecular flexibility index (Phi) is 6.60. The number of rotatable bonds is 8. The fourth-order valence-electron chi connectivity index (χ4n) is 2.67. The van der Waals surface area contributed by atoms with Crippen LogP contribution >= 0.6 is 11.8 Å². The molecule has 2 amide bonds. The molecule has 0 aromatic heterocycles. The number of carbonyl (C=O) groups excluding carboxylic acids is 2. The molecule has 1 aliphatic heterocycles. The summed E-state index contributed by atoms with van der Waals surface area (Å²) in [5, 5.41) is 2.79. The highest BCUT2D eigenvalue weighted by molar-refractivity contribution is 8.18. The van der Waals surface area contributed by atoms with E-state index >= 15 is 0 Å². The number of thioether (sulfide) groups is 1. The molecule has 0 unspecified atom stereocenters. The van der Waals surface area contributed by atoms with E-state index in [-0.39, 0.29) is 17.8 Å². The van der Waals surface area contributed by atoms with Gasteiger partial charge in [0.15, 0.2) is 0 Å². The maximum atomic E-state index is 12.7. The molecule has 2 aromatic carbocycles. The zero-order valence-electron chi connectivity index (χ0n) is 15.8. The first kappa shape index (κ1) is 19.8. The van der Waals surface area contributed by atoms with Gasteiger partial charge in [0.05, 0.1) is 24.8 Å². The van der Waals surface area contributed by atoms with Gasteiger partial charge >= 0.3 is 0 Å². The Bertz CT molecular complexity index is 883. The van der Waals surface area contributed by atoms with E-state index in [1.807, 2.05) is 56.3 Å². The molecule has 6 nitrogen and oxygen atoms in total. The quantitative estimate of drug-likeness (QED) is 0.656. The molecule has 0 spiro atoms. The van der Waals surface area contributed by atoms with Crippen molar-refractivity contribution in [1.29, 1.82) is 0 Å². The molecule has 0 atom stereocenters. The van der Waals surface area contributed by atoms with Crippen LogP contribution in [-0.4, -0.2) is 35.9 Å². The molecule has 7 heteroatoms. The molecule has 3 rings (SSSR count). The molecular formula is C21H22N2O4S. The van der Waals surface area contributed by atoms with Crippen LogP contribution in [0.2, 0.25) is 0 Å². The SMILES string of the molecule is CCOc1ccc(/C=C2\SC(=O)N(CNc3ccccc3)C2=O)c(OCC)c1. The smallest absolute Gasteiger partial charge is 0.295 e. The maximum Gasteiger partial charge on any atom is 0.295 e.